The van der Waals surface area contributed by atoms with Crippen LogP contribution in [0.5, 0.6) is 0 Å². The van der Waals surface area contributed by atoms with Gasteiger partial charge in [0.05, 0.1) is 5.56 Å². The molecule has 0 heterocycles. The Morgan fingerprint density at radius 1 is 0.760 bits per heavy atom. The molecule has 3 nitrogen and oxygen atoms in total. The Hall–Kier alpha value is -3.20. The zero-order valence-electron chi connectivity index (χ0n) is 13.9. The minimum absolute atomic E-state index is 0.242. The summed E-state index contributed by atoms with van der Waals surface area (Å²) in [6, 6.07) is 25.1. The number of benzene rings is 3. The van der Waals surface area contributed by atoms with Gasteiger partial charge in [0.25, 0.3) is 0 Å². The van der Waals surface area contributed by atoms with Crippen LogP contribution in [0.2, 0.25) is 0 Å². The summed E-state index contributed by atoms with van der Waals surface area (Å²) in [6.45, 7) is 1.84. The number of ether oxygens (including phenoxy) is 1. The molecule has 0 saturated heterocycles. The van der Waals surface area contributed by atoms with E-state index in [9.17, 15) is 9.59 Å². The van der Waals surface area contributed by atoms with Crippen molar-refractivity contribution < 1.29 is 14.3 Å². The predicted octanol–water partition coefficient (Wildman–Crippen LogP) is 4.78. The van der Waals surface area contributed by atoms with Crippen LogP contribution < -0.4 is 0 Å². The van der Waals surface area contributed by atoms with Crippen LogP contribution in [-0.4, -0.2) is 11.8 Å². The summed E-state index contributed by atoms with van der Waals surface area (Å²) < 4.78 is 5.63. The molecule has 1 atom stereocenters. The van der Waals surface area contributed by atoms with E-state index in [0.717, 1.165) is 5.56 Å². The maximum absolute atomic E-state index is 12.9. The fourth-order valence-corrected chi connectivity index (χ4v) is 2.63. The van der Waals surface area contributed by atoms with E-state index >= 15 is 0 Å². The Morgan fingerprint density at radius 2 is 1.32 bits per heavy atom. The lowest BCUT2D eigenvalue weighted by atomic mass is 9.99. The van der Waals surface area contributed by atoms with Crippen LogP contribution in [0.25, 0.3) is 0 Å². The van der Waals surface area contributed by atoms with Gasteiger partial charge in [-0.05, 0) is 18.6 Å². The van der Waals surface area contributed by atoms with Crippen molar-refractivity contribution in [2.24, 2.45) is 0 Å². The minimum atomic E-state index is -0.976. The van der Waals surface area contributed by atoms with Crippen LogP contribution in [-0.2, 0) is 4.74 Å². The Bertz CT molecular complexity index is 870. The van der Waals surface area contributed by atoms with E-state index in [1.165, 1.54) is 0 Å². The molecule has 0 N–H and O–H groups in total. The molecule has 0 radical (unpaired) electrons. The number of Topliss-reactive ketones (excluding diaryl/α,β-unsaturated/α-hetero) is 1. The Kier molecular flexibility index (Phi) is 5.05. The average Bonchev–Trinajstić information content (AvgIpc) is 2.67. The number of esters is 1. The van der Waals surface area contributed by atoms with E-state index in [0.29, 0.717) is 16.7 Å². The fourth-order valence-electron chi connectivity index (χ4n) is 2.63. The smallest absolute Gasteiger partial charge is 0.339 e. The Labute approximate surface area is 146 Å². The molecule has 3 heteroatoms. The van der Waals surface area contributed by atoms with Gasteiger partial charge < -0.3 is 4.74 Å². The molecule has 3 rings (SSSR count). The van der Waals surface area contributed by atoms with E-state index < -0.39 is 12.1 Å². The van der Waals surface area contributed by atoms with Gasteiger partial charge in [-0.15, -0.1) is 0 Å². The van der Waals surface area contributed by atoms with Crippen LogP contribution >= 0.6 is 0 Å². The number of rotatable bonds is 5. The molecule has 0 fully saturated rings. The monoisotopic (exact) mass is 330 g/mol. The summed E-state index contributed by atoms with van der Waals surface area (Å²) in [7, 11) is 0. The quantitative estimate of drug-likeness (QED) is 0.500. The first-order chi connectivity index (χ1) is 12.2. The van der Waals surface area contributed by atoms with Crippen molar-refractivity contribution in [3.8, 4) is 0 Å². The van der Waals surface area contributed by atoms with Gasteiger partial charge in [0, 0.05) is 11.1 Å². The van der Waals surface area contributed by atoms with Crippen molar-refractivity contribution in [1.82, 2.24) is 0 Å². The third kappa shape index (κ3) is 3.83. The van der Waals surface area contributed by atoms with Crippen LogP contribution in [0, 0.1) is 6.92 Å². The van der Waals surface area contributed by atoms with Crippen LogP contribution in [0.4, 0.5) is 0 Å². The molecular formula is C22H18O3. The van der Waals surface area contributed by atoms with Gasteiger partial charge in [0.2, 0.25) is 5.78 Å². The number of hydrogen-bond donors (Lipinski definition) is 0. The van der Waals surface area contributed by atoms with Crippen molar-refractivity contribution in [3.05, 3.63) is 107 Å². The highest BCUT2D eigenvalue weighted by Gasteiger charge is 2.27. The molecule has 124 valence electrons. The molecule has 25 heavy (non-hydrogen) atoms. The standard InChI is InChI=1S/C22H18O3/c1-16-10-8-9-15-19(16)22(24)25-21(18-13-6-3-7-14-18)20(23)17-11-4-2-5-12-17/h2-15,21H,1H3/t21-/m1/s1. The zero-order valence-corrected chi connectivity index (χ0v) is 13.9. The van der Waals surface area contributed by atoms with E-state index in [-0.39, 0.29) is 5.78 Å². The van der Waals surface area contributed by atoms with Crippen molar-refractivity contribution in [3.63, 3.8) is 0 Å². The SMILES string of the molecule is Cc1ccccc1C(=O)O[C@@H](C(=O)c1ccccc1)c1ccccc1. The van der Waals surface area contributed by atoms with Crippen molar-refractivity contribution in [1.29, 1.82) is 0 Å². The molecule has 0 amide bonds. The summed E-state index contributed by atoms with van der Waals surface area (Å²) in [4.78, 5) is 25.5. The fraction of sp³-hybridized carbons (Fsp3) is 0.0909. The number of carbonyl (C=O) groups is 2. The molecule has 0 unspecified atom stereocenters. The summed E-state index contributed by atoms with van der Waals surface area (Å²) >= 11 is 0. The Morgan fingerprint density at radius 3 is 1.96 bits per heavy atom. The molecule has 0 aliphatic rings. The second kappa shape index (κ2) is 7.58. The summed E-state index contributed by atoms with van der Waals surface area (Å²) in [5.74, 6) is -0.745. The molecule has 0 aliphatic heterocycles. The van der Waals surface area contributed by atoms with E-state index in [1.54, 1.807) is 48.5 Å². The van der Waals surface area contributed by atoms with E-state index in [1.807, 2.05) is 43.3 Å². The summed E-state index contributed by atoms with van der Waals surface area (Å²) in [5.41, 5.74) is 2.43. The molecule has 0 bridgehead atoms. The van der Waals surface area contributed by atoms with Gasteiger partial charge >= 0.3 is 5.97 Å². The van der Waals surface area contributed by atoms with Gasteiger partial charge in [0.15, 0.2) is 6.10 Å². The summed E-state index contributed by atoms with van der Waals surface area (Å²) in [5, 5.41) is 0. The first-order valence-corrected chi connectivity index (χ1v) is 8.07. The molecule has 3 aromatic rings. The lowest BCUT2D eigenvalue weighted by molar-refractivity contribution is 0.0279. The molecule has 3 aromatic carbocycles. The summed E-state index contributed by atoms with van der Waals surface area (Å²) in [6.07, 6.45) is -0.976. The van der Waals surface area contributed by atoms with Crippen molar-refractivity contribution >= 4 is 11.8 Å². The first-order valence-electron chi connectivity index (χ1n) is 8.07. The van der Waals surface area contributed by atoms with Gasteiger partial charge in [0.1, 0.15) is 0 Å². The Balaban J connectivity index is 1.94. The first kappa shape index (κ1) is 16.7. The minimum Gasteiger partial charge on any atom is -0.445 e. The molecule has 0 saturated carbocycles. The topological polar surface area (TPSA) is 43.4 Å². The number of ketones is 1. The number of hydrogen-bond acceptors (Lipinski definition) is 3. The van der Waals surface area contributed by atoms with Crippen LogP contribution in [0.1, 0.15) is 37.9 Å². The van der Waals surface area contributed by atoms with Gasteiger partial charge in [-0.25, -0.2) is 4.79 Å². The van der Waals surface area contributed by atoms with Crippen LogP contribution in [0.3, 0.4) is 0 Å². The molecular weight excluding hydrogens is 312 g/mol. The molecule has 0 aromatic heterocycles. The molecule has 0 spiro atoms. The van der Waals surface area contributed by atoms with Crippen molar-refractivity contribution in [2.75, 3.05) is 0 Å². The van der Waals surface area contributed by atoms with E-state index in [4.69, 9.17) is 4.74 Å². The second-order valence-electron chi connectivity index (χ2n) is 5.74. The van der Waals surface area contributed by atoms with Crippen LogP contribution in [0.15, 0.2) is 84.9 Å². The van der Waals surface area contributed by atoms with Crippen molar-refractivity contribution in [2.45, 2.75) is 13.0 Å². The molecule has 0 aliphatic carbocycles. The number of aryl methyl sites for hydroxylation is 1. The third-order valence-corrected chi connectivity index (χ3v) is 3.99. The highest BCUT2D eigenvalue weighted by molar-refractivity contribution is 6.02. The lowest BCUT2D eigenvalue weighted by Crippen LogP contribution is -2.20. The van der Waals surface area contributed by atoms with Gasteiger partial charge in [-0.3, -0.25) is 4.79 Å². The normalized spacial score (nSPS) is 11.6. The van der Waals surface area contributed by atoms with Gasteiger partial charge in [-0.2, -0.15) is 0 Å². The highest BCUT2D eigenvalue weighted by Crippen LogP contribution is 2.24. The second-order valence-corrected chi connectivity index (χ2v) is 5.74. The maximum Gasteiger partial charge on any atom is 0.339 e. The predicted molar refractivity (Wildman–Crippen MR) is 96.6 cm³/mol. The average molecular weight is 330 g/mol. The maximum atomic E-state index is 12.9. The van der Waals surface area contributed by atoms with Gasteiger partial charge in [-0.1, -0.05) is 78.9 Å². The third-order valence-electron chi connectivity index (χ3n) is 3.99. The van der Waals surface area contributed by atoms with E-state index in [2.05, 4.69) is 0 Å². The lowest BCUT2D eigenvalue weighted by Gasteiger charge is -2.18. The zero-order chi connectivity index (χ0) is 17.6. The highest BCUT2D eigenvalue weighted by atomic mass is 16.5. The largest absolute Gasteiger partial charge is 0.445 e. The number of carbonyl (C=O) groups excluding carboxylic acids is 2.